The molecule has 8 nitrogen and oxygen atoms in total. The van der Waals surface area contributed by atoms with E-state index in [1.165, 1.54) is 6.34 Å². The molecule has 2 unspecified atom stereocenters. The van der Waals surface area contributed by atoms with Crippen molar-refractivity contribution in [3.63, 3.8) is 0 Å². The Labute approximate surface area is 111 Å². The molecule has 0 aromatic rings. The van der Waals surface area contributed by atoms with Crippen LogP contribution in [0.5, 0.6) is 0 Å². The number of fused-ring (bicyclic) bond motifs is 1. The second-order valence-corrected chi connectivity index (χ2v) is 4.68. The van der Waals surface area contributed by atoms with Gasteiger partial charge in [0.2, 0.25) is 5.79 Å². The number of nitrogens with one attached hydrogen (secondary N) is 1. The van der Waals surface area contributed by atoms with Crippen LogP contribution in [-0.2, 0) is 4.79 Å². The summed E-state index contributed by atoms with van der Waals surface area (Å²) in [5, 5.41) is 2.60. The number of amidine groups is 1. The SMILES string of the molecule is NCCCCCC(N)C1(N)N=C2N=CN=C2C(=O)N1. The molecule has 2 atom stereocenters. The Bertz CT molecular complexity index is 456. The number of unbranched alkanes of at least 4 members (excludes halogenated alkanes) is 2. The van der Waals surface area contributed by atoms with E-state index in [-0.39, 0.29) is 17.5 Å². The Morgan fingerprint density at radius 1 is 1.37 bits per heavy atom. The van der Waals surface area contributed by atoms with Crippen LogP contribution >= 0.6 is 0 Å². The van der Waals surface area contributed by atoms with Gasteiger partial charge in [0, 0.05) is 0 Å². The van der Waals surface area contributed by atoms with Gasteiger partial charge < -0.3 is 16.8 Å². The van der Waals surface area contributed by atoms with Crippen molar-refractivity contribution in [1.29, 1.82) is 0 Å². The van der Waals surface area contributed by atoms with E-state index in [0.29, 0.717) is 13.0 Å². The molecule has 2 aliphatic heterocycles. The van der Waals surface area contributed by atoms with E-state index in [1.54, 1.807) is 0 Å². The highest BCUT2D eigenvalue weighted by Crippen LogP contribution is 2.16. The molecule has 0 fully saturated rings. The first-order valence-electron chi connectivity index (χ1n) is 6.34. The summed E-state index contributed by atoms with van der Waals surface area (Å²) in [6.07, 6.45) is 4.76. The van der Waals surface area contributed by atoms with Crippen LogP contribution in [0.25, 0.3) is 0 Å². The van der Waals surface area contributed by atoms with Gasteiger partial charge in [-0.3, -0.25) is 10.5 Å². The van der Waals surface area contributed by atoms with Crippen molar-refractivity contribution in [2.45, 2.75) is 37.5 Å². The number of nitrogens with zero attached hydrogens (tertiary/aromatic N) is 3. The third kappa shape index (κ3) is 2.86. The van der Waals surface area contributed by atoms with E-state index >= 15 is 0 Å². The lowest BCUT2D eigenvalue weighted by atomic mass is 10.0. The number of nitrogens with two attached hydrogens (primary N) is 3. The molecule has 19 heavy (non-hydrogen) atoms. The average molecular weight is 265 g/mol. The van der Waals surface area contributed by atoms with E-state index in [4.69, 9.17) is 17.2 Å². The fourth-order valence-electron chi connectivity index (χ4n) is 2.03. The van der Waals surface area contributed by atoms with E-state index in [0.717, 1.165) is 19.3 Å². The molecular weight excluding hydrogens is 246 g/mol. The van der Waals surface area contributed by atoms with Crippen LogP contribution in [0.1, 0.15) is 25.7 Å². The number of amides is 1. The highest BCUT2D eigenvalue weighted by Gasteiger charge is 2.41. The monoisotopic (exact) mass is 265 g/mol. The molecule has 7 N–H and O–H groups in total. The highest BCUT2D eigenvalue weighted by atomic mass is 16.2. The predicted octanol–water partition coefficient (Wildman–Crippen LogP) is -1.54. The third-order valence-corrected chi connectivity index (χ3v) is 3.18. The summed E-state index contributed by atoms with van der Waals surface area (Å²) >= 11 is 0. The molecule has 0 bridgehead atoms. The number of hydrogen-bond acceptors (Lipinski definition) is 7. The summed E-state index contributed by atoms with van der Waals surface area (Å²) in [4.78, 5) is 23.8. The Morgan fingerprint density at radius 3 is 2.89 bits per heavy atom. The van der Waals surface area contributed by atoms with Crippen molar-refractivity contribution in [3.8, 4) is 0 Å². The molecule has 104 valence electrons. The molecule has 2 rings (SSSR count). The fourth-order valence-corrected chi connectivity index (χ4v) is 2.03. The van der Waals surface area contributed by atoms with Crippen molar-refractivity contribution >= 4 is 23.8 Å². The quantitative estimate of drug-likeness (QED) is 0.431. The van der Waals surface area contributed by atoms with Gasteiger partial charge in [-0.2, -0.15) is 0 Å². The largest absolute Gasteiger partial charge is 0.330 e. The van der Waals surface area contributed by atoms with Gasteiger partial charge in [0.1, 0.15) is 6.34 Å². The number of carbonyl (C=O) groups is 1. The maximum Gasteiger partial charge on any atom is 0.276 e. The summed E-state index contributed by atoms with van der Waals surface area (Å²) < 4.78 is 0. The molecule has 0 saturated carbocycles. The van der Waals surface area contributed by atoms with Crippen LogP contribution < -0.4 is 22.5 Å². The van der Waals surface area contributed by atoms with Gasteiger partial charge in [-0.05, 0) is 19.4 Å². The number of carbonyl (C=O) groups excluding carboxylic acids is 1. The van der Waals surface area contributed by atoms with Crippen LogP contribution in [0.3, 0.4) is 0 Å². The normalized spacial score (nSPS) is 26.6. The van der Waals surface area contributed by atoms with Crippen molar-refractivity contribution in [1.82, 2.24) is 5.32 Å². The zero-order chi connectivity index (χ0) is 13.9. The van der Waals surface area contributed by atoms with Crippen molar-refractivity contribution in [2.75, 3.05) is 6.54 Å². The Kier molecular flexibility index (Phi) is 4.03. The first-order valence-corrected chi connectivity index (χ1v) is 6.34. The third-order valence-electron chi connectivity index (χ3n) is 3.18. The smallest absolute Gasteiger partial charge is 0.276 e. The van der Waals surface area contributed by atoms with Gasteiger partial charge in [-0.1, -0.05) is 12.8 Å². The molecule has 0 saturated heterocycles. The lowest BCUT2D eigenvalue weighted by Gasteiger charge is -2.34. The minimum Gasteiger partial charge on any atom is -0.330 e. The van der Waals surface area contributed by atoms with E-state index in [1.807, 2.05) is 0 Å². The predicted molar refractivity (Wildman–Crippen MR) is 73.9 cm³/mol. The molecule has 2 aliphatic rings. The fraction of sp³-hybridized carbons (Fsp3) is 0.636. The van der Waals surface area contributed by atoms with Gasteiger partial charge in [-0.25, -0.2) is 15.0 Å². The standard InChI is InChI=1S/C11H19N7O/c12-5-3-1-2-4-7(13)11(14)17-9-8(10(19)18-11)15-6-16-9/h6-7H,1-5,12-14H2,(H,18,19). The van der Waals surface area contributed by atoms with E-state index in [9.17, 15) is 4.79 Å². The number of hydrogen-bond donors (Lipinski definition) is 4. The van der Waals surface area contributed by atoms with Crippen LogP contribution in [0.15, 0.2) is 15.0 Å². The first kappa shape index (κ1) is 13.8. The zero-order valence-electron chi connectivity index (χ0n) is 10.7. The number of aliphatic imine (C=N–C) groups is 3. The molecule has 8 heteroatoms. The zero-order valence-corrected chi connectivity index (χ0v) is 10.7. The highest BCUT2D eigenvalue weighted by molar-refractivity contribution is 6.69. The molecule has 0 aromatic carbocycles. The molecule has 0 radical (unpaired) electrons. The maximum absolute atomic E-state index is 11.8. The van der Waals surface area contributed by atoms with Gasteiger partial charge in [0.25, 0.3) is 5.91 Å². The Morgan fingerprint density at radius 2 is 2.16 bits per heavy atom. The van der Waals surface area contributed by atoms with Crippen molar-refractivity contribution < 1.29 is 4.79 Å². The summed E-state index contributed by atoms with van der Waals surface area (Å²) in [6, 6.07) is -0.473. The number of rotatable bonds is 6. The molecule has 0 spiro atoms. The van der Waals surface area contributed by atoms with Gasteiger partial charge in [0.05, 0.1) is 6.04 Å². The molecule has 1 amide bonds. The van der Waals surface area contributed by atoms with Gasteiger partial charge >= 0.3 is 0 Å². The minimum absolute atomic E-state index is 0.191. The lowest BCUT2D eigenvalue weighted by molar-refractivity contribution is -0.116. The van der Waals surface area contributed by atoms with E-state index in [2.05, 4.69) is 20.3 Å². The Balaban J connectivity index is 2.02. The van der Waals surface area contributed by atoms with Crippen molar-refractivity contribution in [3.05, 3.63) is 0 Å². The van der Waals surface area contributed by atoms with Crippen LogP contribution in [0.4, 0.5) is 0 Å². The summed E-state index contributed by atoms with van der Waals surface area (Å²) in [5.41, 5.74) is 17.7. The van der Waals surface area contributed by atoms with Crippen LogP contribution in [-0.4, -0.2) is 42.2 Å². The second-order valence-electron chi connectivity index (χ2n) is 4.68. The molecule has 0 aliphatic carbocycles. The first-order chi connectivity index (χ1) is 9.07. The summed E-state index contributed by atoms with van der Waals surface area (Å²) in [7, 11) is 0. The summed E-state index contributed by atoms with van der Waals surface area (Å²) in [5.74, 6) is -1.44. The topological polar surface area (TPSA) is 144 Å². The molecular formula is C11H19N7O. The summed E-state index contributed by atoms with van der Waals surface area (Å²) in [6.45, 7) is 0.663. The van der Waals surface area contributed by atoms with Gasteiger partial charge in [0.15, 0.2) is 11.5 Å². The van der Waals surface area contributed by atoms with E-state index < -0.39 is 11.8 Å². The minimum atomic E-state index is -1.31. The van der Waals surface area contributed by atoms with Crippen molar-refractivity contribution in [2.24, 2.45) is 32.2 Å². The average Bonchev–Trinajstić information content (AvgIpc) is 2.82. The lowest BCUT2D eigenvalue weighted by Crippen LogP contribution is -2.68. The van der Waals surface area contributed by atoms with Crippen LogP contribution in [0.2, 0.25) is 0 Å². The molecule has 2 heterocycles. The molecule has 0 aromatic heterocycles. The second kappa shape index (κ2) is 5.55. The van der Waals surface area contributed by atoms with Crippen LogP contribution in [0, 0.1) is 0 Å². The maximum atomic E-state index is 11.8. The Hall–Kier alpha value is -1.64. The van der Waals surface area contributed by atoms with Gasteiger partial charge in [-0.15, -0.1) is 0 Å².